The Morgan fingerprint density at radius 3 is 2.88 bits per heavy atom. The van der Waals surface area contributed by atoms with Gasteiger partial charge in [0, 0.05) is 30.8 Å². The summed E-state index contributed by atoms with van der Waals surface area (Å²) in [7, 11) is 0. The van der Waals surface area contributed by atoms with E-state index in [1.165, 1.54) is 5.56 Å². The van der Waals surface area contributed by atoms with Crippen molar-refractivity contribution in [3.05, 3.63) is 42.0 Å². The lowest BCUT2D eigenvalue weighted by Crippen LogP contribution is -1.97. The molecule has 4 nitrogen and oxygen atoms in total. The van der Waals surface area contributed by atoms with Gasteiger partial charge in [-0.25, -0.2) is 0 Å². The summed E-state index contributed by atoms with van der Waals surface area (Å²) in [6.07, 6.45) is 9.40. The van der Waals surface area contributed by atoms with Crippen molar-refractivity contribution in [1.82, 2.24) is 14.8 Å². The van der Waals surface area contributed by atoms with Gasteiger partial charge in [-0.2, -0.15) is 5.10 Å². The van der Waals surface area contributed by atoms with Crippen LogP contribution in [0, 0.1) is 0 Å². The zero-order chi connectivity index (χ0) is 11.4. The molecule has 0 saturated heterocycles. The number of nitrogens with zero attached hydrogens (tertiary/aromatic N) is 3. The van der Waals surface area contributed by atoms with Crippen molar-refractivity contribution >= 4 is 5.69 Å². The van der Waals surface area contributed by atoms with Crippen LogP contribution in [0.4, 0.5) is 5.69 Å². The highest BCUT2D eigenvalue weighted by atomic mass is 15.3. The van der Waals surface area contributed by atoms with E-state index in [0.717, 1.165) is 30.6 Å². The molecule has 0 aromatic carbocycles. The number of hydrogen-bond acceptors (Lipinski definition) is 3. The van der Waals surface area contributed by atoms with Crippen LogP contribution in [0.2, 0.25) is 0 Å². The third kappa shape index (κ3) is 2.39. The van der Waals surface area contributed by atoms with Gasteiger partial charge in [0.05, 0.1) is 6.20 Å². The molecule has 0 atom stereocenters. The van der Waals surface area contributed by atoms with E-state index in [1.54, 1.807) is 6.20 Å². The number of nitrogen functional groups attached to an aromatic ring is 1. The molecule has 0 bridgehead atoms. The molecular weight excluding hydrogens is 200 g/mol. The Kier molecular flexibility index (Phi) is 3.19. The Balaban J connectivity index is 1.99. The van der Waals surface area contributed by atoms with Crippen LogP contribution in [0.3, 0.4) is 0 Å². The summed E-state index contributed by atoms with van der Waals surface area (Å²) in [6.45, 7) is 2.99. The molecule has 2 rings (SSSR count). The van der Waals surface area contributed by atoms with Crippen LogP contribution >= 0.6 is 0 Å². The van der Waals surface area contributed by atoms with E-state index in [4.69, 9.17) is 5.73 Å². The lowest BCUT2D eigenvalue weighted by molar-refractivity contribution is 0.659. The van der Waals surface area contributed by atoms with Crippen LogP contribution in [0.25, 0.3) is 0 Å². The second-order valence-corrected chi connectivity index (χ2v) is 3.78. The van der Waals surface area contributed by atoms with Crippen molar-refractivity contribution < 1.29 is 0 Å². The van der Waals surface area contributed by atoms with E-state index in [9.17, 15) is 0 Å². The molecule has 0 aliphatic rings. The average Bonchev–Trinajstić information content (AvgIpc) is 2.76. The zero-order valence-corrected chi connectivity index (χ0v) is 9.43. The Bertz CT molecular complexity index is 462. The third-order valence-corrected chi connectivity index (χ3v) is 2.64. The monoisotopic (exact) mass is 216 g/mol. The smallest absolute Gasteiger partial charge is 0.0521 e. The van der Waals surface area contributed by atoms with Gasteiger partial charge in [-0.3, -0.25) is 9.67 Å². The second-order valence-electron chi connectivity index (χ2n) is 3.78. The Labute approximate surface area is 95.1 Å². The molecule has 0 unspecified atom stereocenters. The summed E-state index contributed by atoms with van der Waals surface area (Å²) >= 11 is 0. The van der Waals surface area contributed by atoms with Crippen LogP contribution in [0.15, 0.2) is 30.9 Å². The molecule has 0 aliphatic heterocycles. The highest BCUT2D eigenvalue weighted by Gasteiger charge is 2.01. The summed E-state index contributed by atoms with van der Waals surface area (Å²) in [5, 5.41) is 4.24. The van der Waals surface area contributed by atoms with Gasteiger partial charge in [-0.15, -0.1) is 0 Å². The predicted molar refractivity (Wildman–Crippen MR) is 64.0 cm³/mol. The molecule has 84 valence electrons. The van der Waals surface area contributed by atoms with Crippen LogP contribution in [-0.2, 0) is 19.4 Å². The molecule has 2 heterocycles. The summed E-state index contributed by atoms with van der Waals surface area (Å²) < 4.78 is 1.93. The minimum absolute atomic E-state index is 0.817. The van der Waals surface area contributed by atoms with E-state index in [2.05, 4.69) is 23.2 Å². The standard InChI is InChI=1S/C12H16N4/c1-2-16-9-10(7-15-16)3-4-11-8-14-6-5-12(11)13/h5-9H,2-4H2,1H3,(H2,13,14). The predicted octanol–water partition coefficient (Wildman–Crippen LogP) is 1.67. The van der Waals surface area contributed by atoms with Gasteiger partial charge in [-0.05, 0) is 37.0 Å². The van der Waals surface area contributed by atoms with E-state index >= 15 is 0 Å². The van der Waals surface area contributed by atoms with E-state index in [0.29, 0.717) is 0 Å². The highest BCUT2D eigenvalue weighted by Crippen LogP contribution is 2.12. The van der Waals surface area contributed by atoms with Crippen LogP contribution in [0.1, 0.15) is 18.1 Å². The lowest BCUT2D eigenvalue weighted by atomic mass is 10.1. The Morgan fingerprint density at radius 1 is 1.31 bits per heavy atom. The largest absolute Gasteiger partial charge is 0.398 e. The van der Waals surface area contributed by atoms with Crippen LogP contribution in [0.5, 0.6) is 0 Å². The first-order valence-electron chi connectivity index (χ1n) is 5.49. The normalized spacial score (nSPS) is 10.6. The summed E-state index contributed by atoms with van der Waals surface area (Å²) in [6, 6.07) is 1.84. The van der Waals surface area contributed by atoms with Gasteiger partial charge >= 0.3 is 0 Å². The first-order chi connectivity index (χ1) is 7.79. The number of aryl methyl sites for hydroxylation is 3. The molecular formula is C12H16N4. The number of rotatable bonds is 4. The Morgan fingerprint density at radius 2 is 2.19 bits per heavy atom. The molecule has 4 heteroatoms. The quantitative estimate of drug-likeness (QED) is 0.845. The van der Waals surface area contributed by atoms with Crippen molar-refractivity contribution in [2.75, 3.05) is 5.73 Å². The number of anilines is 1. The first-order valence-corrected chi connectivity index (χ1v) is 5.49. The molecule has 2 aromatic heterocycles. The van der Waals surface area contributed by atoms with E-state index < -0.39 is 0 Å². The number of nitrogens with two attached hydrogens (primary N) is 1. The highest BCUT2D eigenvalue weighted by molar-refractivity contribution is 5.44. The van der Waals surface area contributed by atoms with Crippen LogP contribution < -0.4 is 5.73 Å². The minimum atomic E-state index is 0.817. The van der Waals surface area contributed by atoms with Gasteiger partial charge in [0.2, 0.25) is 0 Å². The van der Waals surface area contributed by atoms with Crippen molar-refractivity contribution in [2.45, 2.75) is 26.3 Å². The second kappa shape index (κ2) is 4.79. The third-order valence-electron chi connectivity index (χ3n) is 2.64. The topological polar surface area (TPSA) is 56.7 Å². The van der Waals surface area contributed by atoms with Gasteiger partial charge in [0.15, 0.2) is 0 Å². The maximum atomic E-state index is 5.86. The molecule has 0 saturated carbocycles. The molecule has 0 spiro atoms. The molecule has 16 heavy (non-hydrogen) atoms. The van der Waals surface area contributed by atoms with Gasteiger partial charge in [0.25, 0.3) is 0 Å². The molecule has 2 N–H and O–H groups in total. The Hall–Kier alpha value is -1.84. The van der Waals surface area contributed by atoms with Crippen LogP contribution in [-0.4, -0.2) is 14.8 Å². The van der Waals surface area contributed by atoms with Crippen molar-refractivity contribution in [3.8, 4) is 0 Å². The molecule has 0 amide bonds. The summed E-state index contributed by atoms with van der Waals surface area (Å²) in [4.78, 5) is 4.08. The minimum Gasteiger partial charge on any atom is -0.398 e. The number of hydrogen-bond donors (Lipinski definition) is 1. The fourth-order valence-corrected chi connectivity index (χ4v) is 1.63. The van der Waals surface area contributed by atoms with Crippen molar-refractivity contribution in [3.63, 3.8) is 0 Å². The van der Waals surface area contributed by atoms with E-state index in [-0.39, 0.29) is 0 Å². The lowest BCUT2D eigenvalue weighted by Gasteiger charge is -2.02. The fourth-order valence-electron chi connectivity index (χ4n) is 1.63. The van der Waals surface area contributed by atoms with Crippen molar-refractivity contribution in [2.24, 2.45) is 0 Å². The summed E-state index contributed by atoms with van der Waals surface area (Å²) in [5.74, 6) is 0. The molecule has 0 aliphatic carbocycles. The fraction of sp³-hybridized carbons (Fsp3) is 0.333. The maximum Gasteiger partial charge on any atom is 0.0521 e. The zero-order valence-electron chi connectivity index (χ0n) is 9.43. The molecule has 2 aromatic rings. The van der Waals surface area contributed by atoms with Gasteiger partial charge in [0.1, 0.15) is 0 Å². The maximum absolute atomic E-state index is 5.86. The first kappa shape index (κ1) is 10.7. The summed E-state index contributed by atoms with van der Waals surface area (Å²) in [5.41, 5.74) is 9.02. The number of pyridine rings is 1. The molecule has 0 radical (unpaired) electrons. The molecule has 0 fully saturated rings. The van der Waals surface area contributed by atoms with Gasteiger partial charge in [-0.1, -0.05) is 0 Å². The van der Waals surface area contributed by atoms with E-state index in [1.807, 2.05) is 23.1 Å². The van der Waals surface area contributed by atoms with Gasteiger partial charge < -0.3 is 5.73 Å². The van der Waals surface area contributed by atoms with Crippen molar-refractivity contribution in [1.29, 1.82) is 0 Å². The average molecular weight is 216 g/mol. The SMILES string of the molecule is CCn1cc(CCc2cnccc2N)cn1. The number of aromatic nitrogens is 3.